The number of hydrogen-bond acceptors (Lipinski definition) is 6. The summed E-state index contributed by atoms with van der Waals surface area (Å²) >= 11 is 0. The van der Waals surface area contributed by atoms with Crippen LogP contribution in [-0.2, 0) is 14.3 Å². The molecule has 5 rings (SSSR count). The monoisotopic (exact) mass is 517 g/mol. The van der Waals surface area contributed by atoms with Crippen molar-refractivity contribution >= 4 is 22.6 Å². The van der Waals surface area contributed by atoms with Gasteiger partial charge in [0.25, 0.3) is 5.91 Å². The van der Waals surface area contributed by atoms with Gasteiger partial charge in [-0.3, -0.25) is 9.59 Å². The number of ether oxygens (including phenoxy) is 4. The molecule has 7 nitrogen and oxygen atoms in total. The van der Waals surface area contributed by atoms with Gasteiger partial charge in [0, 0.05) is 25.8 Å². The molecule has 1 aliphatic heterocycles. The maximum absolute atomic E-state index is 12.4. The first-order valence-electron chi connectivity index (χ1n) is 13.3. The fourth-order valence-corrected chi connectivity index (χ4v) is 5.35. The molecule has 2 aliphatic rings. The number of carbonyl (C=O) groups excluding carboxylic acids is 2. The summed E-state index contributed by atoms with van der Waals surface area (Å²) in [6.07, 6.45) is 5.84. The van der Waals surface area contributed by atoms with Gasteiger partial charge in [0.2, 0.25) is 5.79 Å². The van der Waals surface area contributed by atoms with E-state index in [-0.39, 0.29) is 36.9 Å². The number of hydrogen-bond donors (Lipinski definition) is 1. The van der Waals surface area contributed by atoms with Crippen molar-refractivity contribution in [2.45, 2.75) is 70.1 Å². The summed E-state index contributed by atoms with van der Waals surface area (Å²) in [4.78, 5) is 24.8. The van der Waals surface area contributed by atoms with Gasteiger partial charge in [-0.15, -0.1) is 0 Å². The average Bonchev–Trinajstić information content (AvgIpc) is 3.23. The predicted octanol–water partition coefficient (Wildman–Crippen LogP) is 5.87. The second-order valence-corrected chi connectivity index (χ2v) is 10.6. The Balaban J connectivity index is 1.36. The van der Waals surface area contributed by atoms with Crippen LogP contribution < -0.4 is 19.5 Å². The molecule has 1 heterocycles. The number of benzene rings is 3. The van der Waals surface area contributed by atoms with Crippen molar-refractivity contribution in [3.05, 3.63) is 65.7 Å². The van der Waals surface area contributed by atoms with Crippen molar-refractivity contribution in [3.8, 4) is 17.2 Å². The first-order chi connectivity index (χ1) is 18.3. The number of esters is 1. The normalized spacial score (nSPS) is 17.1. The Hall–Kier alpha value is -3.74. The van der Waals surface area contributed by atoms with Crippen LogP contribution in [0.15, 0.2) is 54.6 Å². The SMILES string of the molecule is COC(=O)CC(c1ccc2c(c1)OC(C)(C)O2)c1ccc2ccc(OCC(=O)NC3CCCCC3)cc2c1. The van der Waals surface area contributed by atoms with Crippen LogP contribution in [0, 0.1) is 0 Å². The Kier molecular flexibility index (Phi) is 7.45. The average molecular weight is 518 g/mol. The van der Waals surface area contributed by atoms with E-state index in [1.807, 2.05) is 62.4 Å². The minimum atomic E-state index is -0.731. The number of fused-ring (bicyclic) bond motifs is 2. The molecule has 0 radical (unpaired) electrons. The van der Waals surface area contributed by atoms with Crippen molar-refractivity contribution in [1.82, 2.24) is 5.32 Å². The van der Waals surface area contributed by atoms with E-state index in [0.717, 1.165) is 34.7 Å². The number of carbonyl (C=O) groups is 2. The standard InChI is InChI=1S/C31H35NO6/c1-31(2)37-27-14-12-22(17-28(27)38-31)26(18-30(34)35-3)21-10-9-20-11-13-25(16-23(20)15-21)36-19-29(33)32-24-7-5-4-6-8-24/h9-17,24,26H,4-8,18-19H2,1-3H3,(H,32,33). The van der Waals surface area contributed by atoms with Crippen molar-refractivity contribution in [2.75, 3.05) is 13.7 Å². The summed E-state index contributed by atoms with van der Waals surface area (Å²) < 4.78 is 22.6. The lowest BCUT2D eigenvalue weighted by molar-refractivity contribution is -0.140. The van der Waals surface area contributed by atoms with Gasteiger partial charge in [0.1, 0.15) is 5.75 Å². The number of nitrogens with one attached hydrogen (secondary N) is 1. The lowest BCUT2D eigenvalue weighted by Crippen LogP contribution is -2.38. The highest BCUT2D eigenvalue weighted by molar-refractivity contribution is 5.85. The smallest absolute Gasteiger partial charge is 0.306 e. The summed E-state index contributed by atoms with van der Waals surface area (Å²) in [7, 11) is 1.40. The largest absolute Gasteiger partial charge is 0.484 e. The van der Waals surface area contributed by atoms with E-state index < -0.39 is 5.79 Å². The van der Waals surface area contributed by atoms with Crippen LogP contribution in [0.2, 0.25) is 0 Å². The van der Waals surface area contributed by atoms with E-state index in [1.54, 1.807) is 0 Å². The molecular weight excluding hydrogens is 482 g/mol. The number of rotatable bonds is 8. The zero-order chi connectivity index (χ0) is 26.7. The van der Waals surface area contributed by atoms with Gasteiger partial charge in [-0.25, -0.2) is 0 Å². The molecule has 1 saturated carbocycles. The van der Waals surface area contributed by atoms with Crippen molar-refractivity contribution in [1.29, 1.82) is 0 Å². The van der Waals surface area contributed by atoms with Gasteiger partial charge >= 0.3 is 5.97 Å². The molecule has 0 spiro atoms. The first kappa shape index (κ1) is 25.9. The molecule has 1 fully saturated rings. The van der Waals surface area contributed by atoms with Gasteiger partial charge in [-0.2, -0.15) is 0 Å². The van der Waals surface area contributed by atoms with Crippen molar-refractivity contribution in [2.24, 2.45) is 0 Å². The summed E-state index contributed by atoms with van der Waals surface area (Å²) in [6, 6.07) is 18.0. The highest BCUT2D eigenvalue weighted by Crippen LogP contribution is 2.42. The zero-order valence-electron chi connectivity index (χ0n) is 22.3. The predicted molar refractivity (Wildman–Crippen MR) is 145 cm³/mol. The number of methoxy groups -OCH3 is 1. The lowest BCUT2D eigenvalue weighted by atomic mass is 9.87. The maximum Gasteiger partial charge on any atom is 0.306 e. The Bertz CT molecular complexity index is 1330. The Labute approximate surface area is 223 Å². The minimum Gasteiger partial charge on any atom is -0.484 e. The molecule has 1 atom stereocenters. The molecule has 7 heteroatoms. The van der Waals surface area contributed by atoms with Gasteiger partial charge in [0.05, 0.1) is 13.5 Å². The summed E-state index contributed by atoms with van der Waals surface area (Å²) in [6.45, 7) is 3.71. The van der Waals surface area contributed by atoms with Gasteiger partial charge in [-0.05, 0) is 59.0 Å². The van der Waals surface area contributed by atoms with E-state index in [0.29, 0.717) is 17.2 Å². The maximum atomic E-state index is 12.4. The Morgan fingerprint density at radius 1 is 0.921 bits per heavy atom. The van der Waals surface area contributed by atoms with E-state index in [9.17, 15) is 9.59 Å². The zero-order valence-corrected chi connectivity index (χ0v) is 22.3. The van der Waals surface area contributed by atoms with E-state index >= 15 is 0 Å². The fourth-order valence-electron chi connectivity index (χ4n) is 5.35. The second kappa shape index (κ2) is 10.9. The molecule has 0 aromatic heterocycles. The third kappa shape index (κ3) is 6.04. The summed E-state index contributed by atoms with van der Waals surface area (Å²) in [5.74, 6) is 0.613. The van der Waals surface area contributed by atoms with E-state index in [2.05, 4.69) is 11.4 Å². The second-order valence-electron chi connectivity index (χ2n) is 10.6. The highest BCUT2D eigenvalue weighted by Gasteiger charge is 2.32. The first-order valence-corrected chi connectivity index (χ1v) is 13.3. The van der Waals surface area contributed by atoms with Crippen LogP contribution in [0.4, 0.5) is 0 Å². The van der Waals surface area contributed by atoms with Gasteiger partial charge in [0.15, 0.2) is 18.1 Å². The Morgan fingerprint density at radius 2 is 1.63 bits per heavy atom. The molecule has 3 aromatic carbocycles. The molecule has 38 heavy (non-hydrogen) atoms. The molecule has 3 aromatic rings. The lowest BCUT2D eigenvalue weighted by Gasteiger charge is -2.22. The molecule has 0 saturated heterocycles. The topological polar surface area (TPSA) is 83.1 Å². The van der Waals surface area contributed by atoms with Crippen LogP contribution in [0.5, 0.6) is 17.2 Å². The van der Waals surface area contributed by atoms with Crippen LogP contribution in [0.3, 0.4) is 0 Å². The molecule has 200 valence electrons. The molecule has 1 N–H and O–H groups in total. The minimum absolute atomic E-state index is 0.0137. The fraction of sp³-hybridized carbons (Fsp3) is 0.419. The van der Waals surface area contributed by atoms with Gasteiger partial charge < -0.3 is 24.3 Å². The van der Waals surface area contributed by atoms with Crippen LogP contribution in [0.1, 0.15) is 69.4 Å². The van der Waals surface area contributed by atoms with Crippen LogP contribution in [0.25, 0.3) is 10.8 Å². The molecule has 1 aliphatic carbocycles. The van der Waals surface area contributed by atoms with E-state index in [1.165, 1.54) is 26.4 Å². The van der Waals surface area contributed by atoms with Gasteiger partial charge in [-0.1, -0.05) is 49.6 Å². The molecule has 1 unspecified atom stereocenters. The molecular formula is C31H35NO6. The van der Waals surface area contributed by atoms with Crippen LogP contribution in [-0.4, -0.2) is 37.4 Å². The quantitative estimate of drug-likeness (QED) is 0.376. The molecule has 0 bridgehead atoms. The van der Waals surface area contributed by atoms with E-state index in [4.69, 9.17) is 18.9 Å². The number of amides is 1. The van der Waals surface area contributed by atoms with Crippen molar-refractivity contribution in [3.63, 3.8) is 0 Å². The summed E-state index contributed by atoms with van der Waals surface area (Å²) in [5.41, 5.74) is 1.90. The third-order valence-corrected chi connectivity index (χ3v) is 7.26. The molecule has 1 amide bonds. The Morgan fingerprint density at radius 3 is 2.42 bits per heavy atom. The summed E-state index contributed by atoms with van der Waals surface area (Å²) in [5, 5.41) is 5.09. The highest BCUT2D eigenvalue weighted by atomic mass is 16.7. The third-order valence-electron chi connectivity index (χ3n) is 7.26. The van der Waals surface area contributed by atoms with Crippen LogP contribution >= 0.6 is 0 Å². The van der Waals surface area contributed by atoms with Crippen molar-refractivity contribution < 1.29 is 28.5 Å².